The van der Waals surface area contributed by atoms with Crippen LogP contribution in [0.1, 0.15) is 0 Å². The Labute approximate surface area is 121 Å². The Morgan fingerprint density at radius 3 is 2.19 bits per heavy atom. The van der Waals surface area contributed by atoms with Gasteiger partial charge in [-0.25, -0.2) is 4.98 Å². The molecule has 106 valence electrons. The van der Waals surface area contributed by atoms with Gasteiger partial charge in [-0.15, -0.1) is 3.89 Å². The summed E-state index contributed by atoms with van der Waals surface area (Å²) in [5, 5.41) is 0. The maximum atomic E-state index is 12.8. The number of hydrogen-bond acceptors (Lipinski definition) is 4. The van der Waals surface area contributed by atoms with E-state index in [1.807, 2.05) is 30.3 Å². The molecule has 21 heavy (non-hydrogen) atoms. The lowest BCUT2D eigenvalue weighted by molar-refractivity contribution is 0.552. The quantitative estimate of drug-likeness (QED) is 0.693. The van der Waals surface area contributed by atoms with Gasteiger partial charge in [-0.1, -0.05) is 30.3 Å². The van der Waals surface area contributed by atoms with E-state index in [1.54, 1.807) is 6.20 Å². The Balaban J connectivity index is 1.94. The minimum atomic E-state index is -4.69. The first kappa shape index (κ1) is 13.5. The SMILES string of the molecule is O=S(=O)(F)c1ccc(-c2ncc(-c3ccccc3)o2)cc1. The van der Waals surface area contributed by atoms with Gasteiger partial charge in [0.2, 0.25) is 5.89 Å². The van der Waals surface area contributed by atoms with E-state index in [9.17, 15) is 12.3 Å². The predicted octanol–water partition coefficient (Wildman–Crippen LogP) is 3.67. The zero-order valence-electron chi connectivity index (χ0n) is 10.7. The predicted molar refractivity (Wildman–Crippen MR) is 75.7 cm³/mol. The lowest BCUT2D eigenvalue weighted by Gasteiger charge is -1.98. The molecule has 1 heterocycles. The van der Waals surface area contributed by atoms with Crippen LogP contribution in [0.5, 0.6) is 0 Å². The smallest absolute Gasteiger partial charge is 0.332 e. The molecule has 0 spiro atoms. The molecule has 0 atom stereocenters. The number of halogens is 1. The maximum absolute atomic E-state index is 12.8. The standard InChI is InChI=1S/C15H10FNO3S/c16-21(18,19)13-8-6-12(7-9-13)15-17-10-14(20-15)11-4-2-1-3-5-11/h1-10H. The number of oxazole rings is 1. The Morgan fingerprint density at radius 2 is 1.57 bits per heavy atom. The van der Waals surface area contributed by atoms with Crippen LogP contribution in [0.4, 0.5) is 3.89 Å². The van der Waals surface area contributed by atoms with Crippen molar-refractivity contribution in [3.05, 3.63) is 60.8 Å². The van der Waals surface area contributed by atoms with Gasteiger partial charge in [0.25, 0.3) is 0 Å². The minimum Gasteiger partial charge on any atom is -0.436 e. The van der Waals surface area contributed by atoms with Crippen molar-refractivity contribution in [3.8, 4) is 22.8 Å². The molecule has 0 N–H and O–H groups in total. The molecule has 0 radical (unpaired) electrons. The van der Waals surface area contributed by atoms with Crippen LogP contribution in [0.2, 0.25) is 0 Å². The topological polar surface area (TPSA) is 60.2 Å². The molecule has 0 aliphatic heterocycles. The Morgan fingerprint density at radius 1 is 0.905 bits per heavy atom. The van der Waals surface area contributed by atoms with Crippen molar-refractivity contribution in [2.24, 2.45) is 0 Å². The Kier molecular flexibility index (Phi) is 3.31. The molecule has 0 fully saturated rings. The highest BCUT2D eigenvalue weighted by Crippen LogP contribution is 2.26. The molecule has 0 amide bonds. The molecule has 0 aliphatic rings. The summed E-state index contributed by atoms with van der Waals surface area (Å²) in [5.41, 5.74) is 1.46. The molecule has 0 aliphatic carbocycles. The van der Waals surface area contributed by atoms with Gasteiger partial charge in [0.15, 0.2) is 5.76 Å². The van der Waals surface area contributed by atoms with E-state index in [4.69, 9.17) is 4.42 Å². The van der Waals surface area contributed by atoms with Crippen LogP contribution in [0.15, 0.2) is 70.1 Å². The molecule has 3 aromatic rings. The average molecular weight is 303 g/mol. The summed E-state index contributed by atoms with van der Waals surface area (Å²) in [4.78, 5) is 3.76. The van der Waals surface area contributed by atoms with Crippen LogP contribution in [0.25, 0.3) is 22.8 Å². The fourth-order valence-electron chi connectivity index (χ4n) is 1.90. The lowest BCUT2D eigenvalue weighted by Crippen LogP contribution is -1.91. The van der Waals surface area contributed by atoms with E-state index in [1.165, 1.54) is 24.3 Å². The first-order chi connectivity index (χ1) is 10.0. The van der Waals surface area contributed by atoms with Gasteiger partial charge >= 0.3 is 10.2 Å². The fourth-order valence-corrected chi connectivity index (χ4v) is 2.36. The zero-order chi connectivity index (χ0) is 14.9. The van der Waals surface area contributed by atoms with Crippen LogP contribution in [0.3, 0.4) is 0 Å². The summed E-state index contributed by atoms with van der Waals surface area (Å²) in [7, 11) is -4.69. The van der Waals surface area contributed by atoms with Crippen molar-refractivity contribution in [2.45, 2.75) is 4.90 Å². The van der Waals surface area contributed by atoms with E-state index in [0.717, 1.165) is 5.56 Å². The lowest BCUT2D eigenvalue weighted by atomic mass is 10.2. The summed E-state index contributed by atoms with van der Waals surface area (Å²) in [6.45, 7) is 0. The molecular weight excluding hydrogens is 293 g/mol. The number of benzene rings is 2. The first-order valence-corrected chi connectivity index (χ1v) is 7.49. The highest BCUT2D eigenvalue weighted by atomic mass is 32.3. The van der Waals surface area contributed by atoms with Crippen LogP contribution in [-0.2, 0) is 10.2 Å². The number of aromatic nitrogens is 1. The first-order valence-electron chi connectivity index (χ1n) is 6.10. The third-order valence-corrected chi connectivity index (χ3v) is 3.78. The third kappa shape index (κ3) is 2.85. The van der Waals surface area contributed by atoms with E-state index >= 15 is 0 Å². The summed E-state index contributed by atoms with van der Waals surface area (Å²) >= 11 is 0. The van der Waals surface area contributed by atoms with Crippen molar-refractivity contribution >= 4 is 10.2 Å². The second kappa shape index (κ2) is 5.14. The van der Waals surface area contributed by atoms with Crippen molar-refractivity contribution < 1.29 is 16.7 Å². The number of hydrogen-bond donors (Lipinski definition) is 0. The minimum absolute atomic E-state index is 0.344. The Hall–Kier alpha value is -2.47. The van der Waals surface area contributed by atoms with Crippen molar-refractivity contribution in [3.63, 3.8) is 0 Å². The number of rotatable bonds is 3. The second-order valence-corrected chi connectivity index (χ2v) is 5.71. The number of nitrogens with zero attached hydrogens (tertiary/aromatic N) is 1. The van der Waals surface area contributed by atoms with Gasteiger partial charge in [-0.2, -0.15) is 8.42 Å². The van der Waals surface area contributed by atoms with Crippen LogP contribution < -0.4 is 0 Å². The van der Waals surface area contributed by atoms with Crippen molar-refractivity contribution in [1.82, 2.24) is 4.98 Å². The molecule has 2 aromatic carbocycles. The van der Waals surface area contributed by atoms with E-state index in [-0.39, 0.29) is 4.90 Å². The third-order valence-electron chi connectivity index (χ3n) is 2.95. The van der Waals surface area contributed by atoms with Gasteiger partial charge in [0, 0.05) is 11.1 Å². The summed E-state index contributed by atoms with van der Waals surface area (Å²) in [6, 6.07) is 14.7. The van der Waals surface area contributed by atoms with Gasteiger partial charge in [0.1, 0.15) is 0 Å². The molecule has 4 nitrogen and oxygen atoms in total. The molecule has 0 unspecified atom stereocenters. The molecule has 1 aromatic heterocycles. The van der Waals surface area contributed by atoms with E-state index in [0.29, 0.717) is 17.2 Å². The maximum Gasteiger partial charge on any atom is 0.332 e. The van der Waals surface area contributed by atoms with E-state index in [2.05, 4.69) is 4.98 Å². The molecule has 0 saturated heterocycles. The van der Waals surface area contributed by atoms with Crippen LogP contribution >= 0.6 is 0 Å². The zero-order valence-corrected chi connectivity index (χ0v) is 11.5. The fraction of sp³-hybridized carbons (Fsp3) is 0. The summed E-state index contributed by atoms with van der Waals surface area (Å²) in [6.07, 6.45) is 1.59. The van der Waals surface area contributed by atoms with Gasteiger partial charge < -0.3 is 4.42 Å². The normalized spacial score (nSPS) is 11.5. The highest BCUT2D eigenvalue weighted by Gasteiger charge is 2.13. The summed E-state index contributed by atoms with van der Waals surface area (Å²) in [5.74, 6) is 0.949. The highest BCUT2D eigenvalue weighted by molar-refractivity contribution is 7.86. The monoisotopic (exact) mass is 303 g/mol. The molecular formula is C15H10FNO3S. The van der Waals surface area contributed by atoms with Gasteiger partial charge in [-0.05, 0) is 24.3 Å². The molecule has 6 heteroatoms. The van der Waals surface area contributed by atoms with E-state index < -0.39 is 10.2 Å². The molecule has 3 rings (SSSR count). The van der Waals surface area contributed by atoms with Gasteiger partial charge in [0.05, 0.1) is 11.1 Å². The van der Waals surface area contributed by atoms with Gasteiger partial charge in [-0.3, -0.25) is 0 Å². The molecule has 0 bridgehead atoms. The summed E-state index contributed by atoms with van der Waals surface area (Å²) < 4.78 is 40.0. The Bertz CT molecular complexity index is 855. The van der Waals surface area contributed by atoms with Crippen LogP contribution in [-0.4, -0.2) is 13.4 Å². The van der Waals surface area contributed by atoms with Crippen molar-refractivity contribution in [1.29, 1.82) is 0 Å². The molecule has 0 saturated carbocycles. The largest absolute Gasteiger partial charge is 0.436 e. The van der Waals surface area contributed by atoms with Crippen molar-refractivity contribution in [2.75, 3.05) is 0 Å². The second-order valence-electron chi connectivity index (χ2n) is 4.36. The van der Waals surface area contributed by atoms with Crippen LogP contribution in [0, 0.1) is 0 Å². The average Bonchev–Trinajstić information content (AvgIpc) is 2.97.